The Labute approximate surface area is 430 Å². The van der Waals surface area contributed by atoms with E-state index in [1.165, 1.54) is 18.8 Å². The zero-order chi connectivity index (χ0) is 52.5. The number of hydrogen-bond donors (Lipinski definition) is 1. The van der Waals surface area contributed by atoms with Crippen LogP contribution in [0.15, 0.2) is 30.6 Å². The van der Waals surface area contributed by atoms with Crippen molar-refractivity contribution >= 4 is 38.0 Å². The fourth-order valence-corrected chi connectivity index (χ4v) is 13.2. The van der Waals surface area contributed by atoms with Crippen molar-refractivity contribution in [1.82, 2.24) is 29.0 Å². The first-order valence-electron chi connectivity index (χ1n) is 26.9. The number of nitrogens with zero attached hydrogens (tertiary/aromatic N) is 6. The molecule has 72 heavy (non-hydrogen) atoms. The van der Waals surface area contributed by atoms with E-state index in [1.54, 1.807) is 16.4 Å². The maximum atomic E-state index is 14.5. The topological polar surface area (TPSA) is 197 Å². The molecule has 1 N–H and O–H groups in total. The molecule has 3 aliphatic heterocycles. The first kappa shape index (κ1) is 59.3. The Morgan fingerprint density at radius 2 is 1.36 bits per heavy atom. The second kappa shape index (κ2) is 28.3. The number of carbonyl (C=O) groups is 3. The molecule has 3 saturated heterocycles. The van der Waals surface area contributed by atoms with Gasteiger partial charge in [-0.15, -0.1) is 0 Å². The molecule has 19 heteroatoms. The van der Waals surface area contributed by atoms with Crippen LogP contribution in [0.1, 0.15) is 183 Å². The molecule has 1 aromatic carbocycles. The van der Waals surface area contributed by atoms with Gasteiger partial charge in [-0.1, -0.05) is 90.2 Å². The van der Waals surface area contributed by atoms with Gasteiger partial charge in [0.2, 0.25) is 10.0 Å². The van der Waals surface area contributed by atoms with E-state index in [4.69, 9.17) is 9.47 Å². The van der Waals surface area contributed by atoms with Crippen LogP contribution in [0.4, 0.5) is 4.39 Å². The van der Waals surface area contributed by atoms with Gasteiger partial charge >= 0.3 is 11.9 Å². The van der Waals surface area contributed by atoms with Crippen LogP contribution in [-0.4, -0.2) is 149 Å². The van der Waals surface area contributed by atoms with E-state index < -0.39 is 43.8 Å². The summed E-state index contributed by atoms with van der Waals surface area (Å²) >= 11 is 0. The van der Waals surface area contributed by atoms with Crippen molar-refractivity contribution in [3.05, 3.63) is 58.9 Å². The fraction of sp³-hybridized carbons (Fsp3) is 0.755. The number of carbonyl (C=O) groups excluding carboxylic acids is 3. The molecule has 2 aromatic rings. The highest BCUT2D eigenvalue weighted by Crippen LogP contribution is 2.41. The molecule has 1 aromatic heterocycles. The van der Waals surface area contributed by atoms with Crippen LogP contribution in [0.3, 0.4) is 0 Å². The Kier molecular flexibility index (Phi) is 23.3. The summed E-state index contributed by atoms with van der Waals surface area (Å²) in [5, 5.41) is -2.11. The third kappa shape index (κ3) is 17.2. The molecule has 0 spiro atoms. The van der Waals surface area contributed by atoms with E-state index in [1.807, 2.05) is 24.8 Å². The van der Waals surface area contributed by atoms with Gasteiger partial charge in [-0.2, -0.15) is 8.42 Å². The molecule has 0 radical (unpaired) electrons. The lowest BCUT2D eigenvalue weighted by molar-refractivity contribution is -0.150. The Morgan fingerprint density at radius 3 is 1.90 bits per heavy atom. The van der Waals surface area contributed by atoms with Crippen LogP contribution in [0.5, 0.6) is 0 Å². The number of amides is 1. The second-order valence-electron chi connectivity index (χ2n) is 20.9. The third-order valence-corrected chi connectivity index (χ3v) is 18.8. The van der Waals surface area contributed by atoms with E-state index in [-0.39, 0.29) is 53.7 Å². The van der Waals surface area contributed by atoms with Crippen LogP contribution >= 0.6 is 0 Å². The van der Waals surface area contributed by atoms with E-state index in [0.29, 0.717) is 44.6 Å². The highest BCUT2D eigenvalue weighted by atomic mass is 32.2. The van der Waals surface area contributed by atoms with Crippen molar-refractivity contribution < 1.29 is 49.6 Å². The molecule has 1 saturated carbocycles. The number of hydrogen-bond acceptors (Lipinski definition) is 13. The molecule has 1 aliphatic carbocycles. The Bertz CT molecular complexity index is 2250. The Morgan fingerprint density at radius 1 is 0.792 bits per heavy atom. The van der Waals surface area contributed by atoms with Gasteiger partial charge in [0.15, 0.2) is 5.25 Å². The Hall–Kier alpha value is -3.62. The van der Waals surface area contributed by atoms with Gasteiger partial charge in [0.05, 0.1) is 41.8 Å². The van der Waals surface area contributed by atoms with E-state index in [9.17, 15) is 40.2 Å². The summed E-state index contributed by atoms with van der Waals surface area (Å²) in [5.41, 5.74) is 3.05. The minimum Gasteiger partial charge on any atom is -0.466 e. The monoisotopic (exact) mass is 1050 g/mol. The standard InChI is InChI=1S/C33H47FN6O3S.C20H38O7S/c1-23-21-38(33(4)12-16-37(17-13-33)32(41)30-24(2)35-22-36-25(30)3)18-19-40(23)31(27-6-5-7-28(34)20-27)26-10-14-39(15-11-26)44(42,43)29-8-9-29;1-3-5-7-9-11-13-15-26-19(21)17-18(28(23,24)25)20(22)27-16-14-12-10-8-6-4-2/h5-7,20,22-23,26,29,31H,8-19,21H2,1-4H3;18H,3-17H2,1-2H3,(H,23,24,25)/t23-,31-;/m1./s1. The number of benzene rings is 1. The summed E-state index contributed by atoms with van der Waals surface area (Å²) in [5.74, 6) is -1.88. The molecular formula is C53H85FN6O10S2. The normalized spacial score (nSPS) is 20.3. The number of unbranched alkanes of at least 4 members (excludes halogenated alkanes) is 10. The highest BCUT2D eigenvalue weighted by molar-refractivity contribution is 7.90. The number of halogens is 1. The summed E-state index contributed by atoms with van der Waals surface area (Å²) in [4.78, 5) is 52.8. The van der Waals surface area contributed by atoms with Crippen LogP contribution < -0.4 is 0 Å². The van der Waals surface area contributed by atoms with Crippen molar-refractivity contribution in [2.24, 2.45) is 5.92 Å². The van der Waals surface area contributed by atoms with Gasteiger partial charge in [0, 0.05) is 63.4 Å². The summed E-state index contributed by atoms with van der Waals surface area (Å²) in [6, 6.07) is 7.29. The maximum absolute atomic E-state index is 14.5. The molecule has 1 unspecified atom stereocenters. The van der Waals surface area contributed by atoms with Crippen LogP contribution in [0.2, 0.25) is 0 Å². The number of sulfonamides is 1. The lowest BCUT2D eigenvalue weighted by Crippen LogP contribution is -2.63. The molecule has 3 atom stereocenters. The molecule has 16 nitrogen and oxygen atoms in total. The van der Waals surface area contributed by atoms with Crippen molar-refractivity contribution in [2.45, 2.75) is 192 Å². The van der Waals surface area contributed by atoms with Gasteiger partial charge in [-0.25, -0.2) is 27.1 Å². The zero-order valence-electron chi connectivity index (χ0n) is 44.1. The van der Waals surface area contributed by atoms with Crippen LogP contribution in [0, 0.1) is 25.6 Å². The number of rotatable bonds is 25. The largest absolute Gasteiger partial charge is 0.466 e. The number of ether oxygens (including phenoxy) is 2. The van der Waals surface area contributed by atoms with Gasteiger partial charge < -0.3 is 14.4 Å². The smallest absolute Gasteiger partial charge is 0.327 e. The van der Waals surface area contributed by atoms with Crippen molar-refractivity contribution in [3.63, 3.8) is 0 Å². The van der Waals surface area contributed by atoms with Gasteiger partial charge in [0.1, 0.15) is 12.1 Å². The molecule has 406 valence electrons. The molecular weight excluding hydrogens is 964 g/mol. The molecule has 1 amide bonds. The quantitative estimate of drug-likeness (QED) is 0.0564. The van der Waals surface area contributed by atoms with E-state index >= 15 is 0 Å². The lowest BCUT2D eigenvalue weighted by atomic mass is 9.82. The van der Waals surface area contributed by atoms with Gasteiger partial charge in [-0.05, 0) is 103 Å². The van der Waals surface area contributed by atoms with Gasteiger partial charge in [-0.3, -0.25) is 28.7 Å². The predicted octanol–water partition coefficient (Wildman–Crippen LogP) is 8.62. The Balaban J connectivity index is 0.000000299. The molecule has 6 rings (SSSR count). The number of aryl methyl sites for hydroxylation is 2. The molecule has 4 aliphatic rings. The first-order chi connectivity index (χ1) is 34.3. The third-order valence-electron chi connectivity index (χ3n) is 15.3. The fourth-order valence-electron chi connectivity index (χ4n) is 10.6. The average molecular weight is 1050 g/mol. The molecule has 4 fully saturated rings. The first-order valence-corrected chi connectivity index (χ1v) is 29.9. The SMILES string of the molecule is CCCCCCCCOC(=O)CC(C(=O)OCCCCCCCC)S(=O)(=O)O.Cc1ncnc(C)c1C(=O)N1CCC(C)(N2CCN([C@@H](c3cccc(F)c3)C3CCN(S(=O)(=O)C4CC4)CC3)[C@H](C)C2)CC1. The second-order valence-corrected chi connectivity index (χ2v) is 24.7. The summed E-state index contributed by atoms with van der Waals surface area (Å²) in [6.45, 7) is 18.0. The molecule has 0 bridgehead atoms. The number of esters is 2. The van der Waals surface area contributed by atoms with Crippen LogP contribution in [-0.2, 0) is 39.2 Å². The van der Waals surface area contributed by atoms with Gasteiger partial charge in [0.25, 0.3) is 16.0 Å². The van der Waals surface area contributed by atoms with Crippen molar-refractivity contribution in [1.29, 1.82) is 0 Å². The highest BCUT2D eigenvalue weighted by Gasteiger charge is 2.45. The minimum atomic E-state index is -4.73. The van der Waals surface area contributed by atoms with E-state index in [0.717, 1.165) is 133 Å². The van der Waals surface area contributed by atoms with Crippen molar-refractivity contribution in [3.8, 4) is 0 Å². The summed E-state index contributed by atoms with van der Waals surface area (Å²) in [7, 11) is -7.91. The summed E-state index contributed by atoms with van der Waals surface area (Å²) < 4.78 is 84.1. The summed E-state index contributed by atoms with van der Waals surface area (Å²) in [6.07, 6.45) is 17.8. The maximum Gasteiger partial charge on any atom is 0.327 e. The number of aromatic nitrogens is 2. The van der Waals surface area contributed by atoms with Crippen molar-refractivity contribution in [2.75, 3.05) is 59.0 Å². The minimum absolute atomic E-state index is 0.00866. The lowest BCUT2D eigenvalue weighted by Gasteiger charge is -2.54. The van der Waals surface area contributed by atoms with Crippen LogP contribution in [0.25, 0.3) is 0 Å². The number of piperidine rings is 2. The zero-order valence-corrected chi connectivity index (χ0v) is 45.7. The van der Waals surface area contributed by atoms with E-state index in [2.05, 4.69) is 47.5 Å². The number of piperazine rings is 1. The predicted molar refractivity (Wildman–Crippen MR) is 277 cm³/mol. The molecule has 4 heterocycles. The number of likely N-dealkylation sites (tertiary alicyclic amines) is 1. The average Bonchev–Trinajstić information content (AvgIpc) is 4.21.